The van der Waals surface area contributed by atoms with E-state index in [9.17, 15) is 4.79 Å². The zero-order valence-corrected chi connectivity index (χ0v) is 13.1. The average molecular weight is 272 g/mol. The van der Waals surface area contributed by atoms with Crippen molar-refractivity contribution in [2.24, 2.45) is 5.92 Å². The van der Waals surface area contributed by atoms with Crippen LogP contribution in [-0.2, 0) is 4.79 Å². The van der Waals surface area contributed by atoms with Gasteiger partial charge in [0.2, 0.25) is 5.91 Å². The molecule has 18 heavy (non-hydrogen) atoms. The van der Waals surface area contributed by atoms with Crippen molar-refractivity contribution in [2.75, 3.05) is 18.6 Å². The molecular weight excluding hydrogens is 244 g/mol. The Bertz CT molecular complexity index is 258. The minimum absolute atomic E-state index is 0.0450. The third kappa shape index (κ3) is 4.16. The zero-order valence-electron chi connectivity index (χ0n) is 12.2. The molecule has 0 aromatic rings. The highest BCUT2D eigenvalue weighted by Gasteiger charge is 2.38. The minimum atomic E-state index is 0.0450. The van der Waals surface area contributed by atoms with E-state index in [1.54, 1.807) is 0 Å². The summed E-state index contributed by atoms with van der Waals surface area (Å²) in [7, 11) is 0. The first-order chi connectivity index (χ1) is 8.61. The van der Waals surface area contributed by atoms with Crippen LogP contribution in [0.25, 0.3) is 0 Å². The summed E-state index contributed by atoms with van der Waals surface area (Å²) in [6.07, 6.45) is 6.91. The Kier molecular flexibility index (Phi) is 7.08. The summed E-state index contributed by atoms with van der Waals surface area (Å²) in [5, 5.41) is 3.46. The number of nitrogens with zero attached hydrogens (tertiary/aromatic N) is 1. The van der Waals surface area contributed by atoms with E-state index in [1.807, 2.05) is 11.8 Å². The lowest BCUT2D eigenvalue weighted by Gasteiger charge is -2.27. The summed E-state index contributed by atoms with van der Waals surface area (Å²) in [5.74, 6) is 2.02. The van der Waals surface area contributed by atoms with Crippen LogP contribution in [0.15, 0.2) is 0 Å². The highest BCUT2D eigenvalue weighted by atomic mass is 32.2. The first kappa shape index (κ1) is 15.8. The van der Waals surface area contributed by atoms with E-state index in [-0.39, 0.29) is 12.2 Å². The van der Waals surface area contributed by atoms with E-state index < -0.39 is 0 Å². The smallest absolute Gasteiger partial charge is 0.241 e. The van der Waals surface area contributed by atoms with Crippen molar-refractivity contribution in [1.29, 1.82) is 0 Å². The number of rotatable bonds is 8. The van der Waals surface area contributed by atoms with Gasteiger partial charge in [0, 0.05) is 6.54 Å². The zero-order chi connectivity index (χ0) is 13.5. The topological polar surface area (TPSA) is 32.3 Å². The molecule has 0 saturated carbocycles. The maximum atomic E-state index is 12.2. The van der Waals surface area contributed by atoms with Gasteiger partial charge in [-0.3, -0.25) is 10.1 Å². The third-order valence-electron chi connectivity index (χ3n) is 3.58. The molecular formula is C14H28N2OS. The van der Waals surface area contributed by atoms with Crippen LogP contribution in [0.5, 0.6) is 0 Å². The second-order valence-corrected chi connectivity index (χ2v) is 6.39. The van der Waals surface area contributed by atoms with Gasteiger partial charge in [0.1, 0.15) is 0 Å². The van der Waals surface area contributed by atoms with Crippen LogP contribution in [0.4, 0.5) is 0 Å². The first-order valence-electron chi connectivity index (χ1n) is 7.17. The Balaban J connectivity index is 2.42. The van der Waals surface area contributed by atoms with E-state index >= 15 is 0 Å². The Morgan fingerprint density at radius 1 is 1.33 bits per heavy atom. The predicted octanol–water partition coefficient (Wildman–Crippen LogP) is 2.71. The van der Waals surface area contributed by atoms with Crippen LogP contribution < -0.4 is 5.32 Å². The van der Waals surface area contributed by atoms with Crippen LogP contribution >= 0.6 is 11.8 Å². The van der Waals surface area contributed by atoms with Crippen molar-refractivity contribution < 1.29 is 4.79 Å². The van der Waals surface area contributed by atoms with Crippen LogP contribution in [0.2, 0.25) is 0 Å². The Morgan fingerprint density at radius 2 is 2.06 bits per heavy atom. The maximum Gasteiger partial charge on any atom is 0.241 e. The van der Waals surface area contributed by atoms with Gasteiger partial charge in [-0.1, -0.05) is 27.2 Å². The maximum absolute atomic E-state index is 12.2. The van der Waals surface area contributed by atoms with Gasteiger partial charge < -0.3 is 4.90 Å². The van der Waals surface area contributed by atoms with Gasteiger partial charge in [0.05, 0.1) is 12.2 Å². The van der Waals surface area contributed by atoms with Crippen molar-refractivity contribution in [3.8, 4) is 0 Å². The molecule has 0 aromatic carbocycles. The molecule has 0 aliphatic carbocycles. The fraction of sp³-hybridized carbons (Fsp3) is 0.929. The quantitative estimate of drug-likeness (QED) is 0.690. The molecule has 1 aliphatic rings. The molecule has 0 aromatic heterocycles. The molecule has 2 unspecified atom stereocenters. The van der Waals surface area contributed by atoms with Gasteiger partial charge in [-0.15, -0.1) is 0 Å². The van der Waals surface area contributed by atoms with Gasteiger partial charge in [-0.05, 0) is 37.2 Å². The normalized spacial score (nSPS) is 24.3. The number of amides is 1. The molecule has 1 heterocycles. The number of hydrogen-bond acceptors (Lipinski definition) is 3. The molecule has 0 radical (unpaired) electrons. The molecule has 1 aliphatic heterocycles. The predicted molar refractivity (Wildman–Crippen MR) is 79.8 cm³/mol. The summed E-state index contributed by atoms with van der Waals surface area (Å²) in [5.41, 5.74) is 0. The number of carbonyl (C=O) groups excluding carboxylic acids is 1. The van der Waals surface area contributed by atoms with E-state index in [0.717, 1.165) is 19.4 Å². The van der Waals surface area contributed by atoms with Crippen molar-refractivity contribution >= 4 is 17.7 Å². The van der Waals surface area contributed by atoms with Crippen LogP contribution in [-0.4, -0.2) is 41.6 Å². The summed E-state index contributed by atoms with van der Waals surface area (Å²) in [4.78, 5) is 14.3. The summed E-state index contributed by atoms with van der Waals surface area (Å²) >= 11 is 1.90. The largest absolute Gasteiger partial charge is 0.326 e. The highest BCUT2D eigenvalue weighted by molar-refractivity contribution is 7.98. The molecule has 1 fully saturated rings. The molecule has 1 rings (SSSR count). The van der Waals surface area contributed by atoms with Gasteiger partial charge in [-0.2, -0.15) is 11.8 Å². The van der Waals surface area contributed by atoms with E-state index in [2.05, 4.69) is 37.2 Å². The second kappa shape index (κ2) is 8.05. The molecule has 1 amide bonds. The van der Waals surface area contributed by atoms with Crippen molar-refractivity contribution in [2.45, 2.75) is 58.7 Å². The Labute approximate surface area is 116 Å². The van der Waals surface area contributed by atoms with Gasteiger partial charge >= 0.3 is 0 Å². The fourth-order valence-electron chi connectivity index (χ4n) is 2.50. The van der Waals surface area contributed by atoms with Crippen molar-refractivity contribution in [3.63, 3.8) is 0 Å². The Morgan fingerprint density at radius 3 is 2.61 bits per heavy atom. The third-order valence-corrected chi connectivity index (χ3v) is 4.27. The molecule has 3 nitrogen and oxygen atoms in total. The standard InChI is InChI=1S/C14H28N2OS/c1-5-12-14(17)16(13(15-12)11(2)3)9-7-6-8-10-18-4/h11-13,15H,5-10H2,1-4H3. The summed E-state index contributed by atoms with van der Waals surface area (Å²) in [6.45, 7) is 7.36. The fourth-order valence-corrected chi connectivity index (χ4v) is 3.00. The number of unbranched alkanes of at least 4 members (excludes halogenated alkanes) is 2. The van der Waals surface area contributed by atoms with E-state index in [1.165, 1.54) is 18.6 Å². The SMILES string of the molecule is CCC1NC(C(C)C)N(CCCCCSC)C1=O. The lowest BCUT2D eigenvalue weighted by molar-refractivity contribution is -0.130. The molecule has 4 heteroatoms. The van der Waals surface area contributed by atoms with Crippen LogP contribution in [0.1, 0.15) is 46.5 Å². The summed E-state index contributed by atoms with van der Waals surface area (Å²) < 4.78 is 0. The number of nitrogens with one attached hydrogen (secondary N) is 1. The molecule has 1 saturated heterocycles. The number of thioether (sulfide) groups is 1. The van der Waals surface area contributed by atoms with Crippen LogP contribution in [0.3, 0.4) is 0 Å². The van der Waals surface area contributed by atoms with Gasteiger partial charge in [0.25, 0.3) is 0 Å². The molecule has 1 N–H and O–H groups in total. The van der Waals surface area contributed by atoms with E-state index in [4.69, 9.17) is 0 Å². The molecule has 0 bridgehead atoms. The minimum Gasteiger partial charge on any atom is -0.326 e. The number of hydrogen-bond donors (Lipinski definition) is 1. The van der Waals surface area contributed by atoms with Gasteiger partial charge in [0.15, 0.2) is 0 Å². The average Bonchev–Trinajstić information content (AvgIpc) is 2.66. The second-order valence-electron chi connectivity index (χ2n) is 5.40. The molecule has 106 valence electrons. The lowest BCUT2D eigenvalue weighted by atomic mass is 10.1. The lowest BCUT2D eigenvalue weighted by Crippen LogP contribution is -2.41. The number of carbonyl (C=O) groups is 1. The van der Waals surface area contributed by atoms with E-state index in [0.29, 0.717) is 11.8 Å². The molecule has 2 atom stereocenters. The molecule has 0 spiro atoms. The van der Waals surface area contributed by atoms with Crippen molar-refractivity contribution in [3.05, 3.63) is 0 Å². The monoisotopic (exact) mass is 272 g/mol. The first-order valence-corrected chi connectivity index (χ1v) is 8.56. The van der Waals surface area contributed by atoms with Crippen LogP contribution in [0, 0.1) is 5.92 Å². The highest BCUT2D eigenvalue weighted by Crippen LogP contribution is 2.20. The summed E-state index contributed by atoms with van der Waals surface area (Å²) in [6, 6.07) is 0.0450. The van der Waals surface area contributed by atoms with Gasteiger partial charge in [-0.25, -0.2) is 0 Å². The Hall–Kier alpha value is -0.220. The van der Waals surface area contributed by atoms with Crippen molar-refractivity contribution in [1.82, 2.24) is 10.2 Å².